The highest BCUT2D eigenvalue weighted by atomic mass is 35.5. The van der Waals surface area contributed by atoms with E-state index < -0.39 is 17.7 Å². The molecule has 0 aliphatic carbocycles. The van der Waals surface area contributed by atoms with Gasteiger partial charge in [0.25, 0.3) is 5.91 Å². The molecule has 1 aromatic carbocycles. The molecule has 21 heavy (non-hydrogen) atoms. The molecule has 1 amide bonds. The van der Waals surface area contributed by atoms with Crippen molar-refractivity contribution < 1.29 is 19.1 Å². The summed E-state index contributed by atoms with van der Waals surface area (Å²) in [5.41, 5.74) is -0.0205. The summed E-state index contributed by atoms with van der Waals surface area (Å²) in [5.74, 6) is -2.43. The third-order valence-electron chi connectivity index (χ3n) is 2.49. The van der Waals surface area contributed by atoms with Crippen molar-refractivity contribution in [3.8, 4) is 0 Å². The SMILES string of the molecule is O=C(Nc1c(Cl)cc(F)cc1Cl)c1ccc(C(=O)O)nc1. The lowest BCUT2D eigenvalue weighted by Gasteiger charge is -2.09. The predicted octanol–water partition coefficient (Wildman–Crippen LogP) is 3.48. The Labute approximate surface area is 128 Å². The van der Waals surface area contributed by atoms with Gasteiger partial charge in [0.2, 0.25) is 0 Å². The van der Waals surface area contributed by atoms with Gasteiger partial charge >= 0.3 is 5.97 Å². The minimum atomic E-state index is -1.20. The van der Waals surface area contributed by atoms with Crippen molar-refractivity contribution in [2.75, 3.05) is 5.32 Å². The van der Waals surface area contributed by atoms with Crippen molar-refractivity contribution in [2.45, 2.75) is 0 Å². The molecule has 0 saturated carbocycles. The molecule has 0 atom stereocenters. The molecular formula is C13H7Cl2FN2O3. The topological polar surface area (TPSA) is 79.3 Å². The summed E-state index contributed by atoms with van der Waals surface area (Å²) in [6.07, 6.45) is 1.10. The molecule has 0 fully saturated rings. The van der Waals surface area contributed by atoms with E-state index in [0.29, 0.717) is 0 Å². The van der Waals surface area contributed by atoms with Gasteiger partial charge in [0.15, 0.2) is 0 Å². The number of nitrogens with one attached hydrogen (secondary N) is 1. The number of carboxylic acid groups (broad SMARTS) is 1. The van der Waals surface area contributed by atoms with Crippen LogP contribution in [0.25, 0.3) is 0 Å². The first-order valence-corrected chi connectivity index (χ1v) is 6.29. The zero-order chi connectivity index (χ0) is 15.6. The van der Waals surface area contributed by atoms with Crippen LogP contribution in [0.15, 0.2) is 30.5 Å². The van der Waals surface area contributed by atoms with Crippen LogP contribution in [0.1, 0.15) is 20.8 Å². The van der Waals surface area contributed by atoms with E-state index in [1.165, 1.54) is 12.1 Å². The Morgan fingerprint density at radius 2 is 1.81 bits per heavy atom. The van der Waals surface area contributed by atoms with E-state index >= 15 is 0 Å². The number of nitrogens with zero attached hydrogens (tertiary/aromatic N) is 1. The Kier molecular flexibility index (Phi) is 4.40. The van der Waals surface area contributed by atoms with Gasteiger partial charge in [-0.2, -0.15) is 0 Å². The molecule has 2 aromatic rings. The number of carbonyl (C=O) groups excluding carboxylic acids is 1. The van der Waals surface area contributed by atoms with Crippen molar-refractivity contribution >= 4 is 40.8 Å². The summed E-state index contributed by atoms with van der Waals surface area (Å²) in [4.78, 5) is 26.2. The summed E-state index contributed by atoms with van der Waals surface area (Å²) in [7, 11) is 0. The number of halogens is 3. The summed E-state index contributed by atoms with van der Waals surface area (Å²) >= 11 is 11.6. The van der Waals surface area contributed by atoms with E-state index in [1.807, 2.05) is 0 Å². The summed E-state index contributed by atoms with van der Waals surface area (Å²) < 4.78 is 13.0. The maximum Gasteiger partial charge on any atom is 0.354 e. The highest BCUT2D eigenvalue weighted by molar-refractivity contribution is 6.40. The van der Waals surface area contributed by atoms with Gasteiger partial charge < -0.3 is 10.4 Å². The van der Waals surface area contributed by atoms with Crippen LogP contribution in [0.4, 0.5) is 10.1 Å². The molecule has 1 heterocycles. The second-order valence-electron chi connectivity index (χ2n) is 3.94. The van der Waals surface area contributed by atoms with E-state index in [-0.39, 0.29) is 27.0 Å². The van der Waals surface area contributed by atoms with Gasteiger partial charge in [0.05, 0.1) is 21.3 Å². The van der Waals surface area contributed by atoms with Crippen LogP contribution in [-0.4, -0.2) is 22.0 Å². The monoisotopic (exact) mass is 328 g/mol. The van der Waals surface area contributed by atoms with Crippen molar-refractivity contribution in [1.29, 1.82) is 0 Å². The highest BCUT2D eigenvalue weighted by Gasteiger charge is 2.14. The Bertz CT molecular complexity index is 697. The first kappa shape index (κ1) is 15.2. The third kappa shape index (κ3) is 3.48. The smallest absolute Gasteiger partial charge is 0.354 e. The molecule has 0 bridgehead atoms. The zero-order valence-electron chi connectivity index (χ0n) is 10.2. The standard InChI is InChI=1S/C13H7Cl2FN2O3/c14-8-3-7(16)4-9(15)11(8)18-12(19)6-1-2-10(13(20)21)17-5-6/h1-5H,(H,18,19)(H,20,21). The molecule has 2 rings (SSSR count). The Morgan fingerprint density at radius 1 is 1.19 bits per heavy atom. The molecule has 1 aromatic heterocycles. The number of amides is 1. The van der Waals surface area contributed by atoms with Crippen LogP contribution >= 0.6 is 23.2 Å². The fourth-order valence-corrected chi connectivity index (χ4v) is 2.06. The molecule has 0 radical (unpaired) electrons. The van der Waals surface area contributed by atoms with Gasteiger partial charge in [-0.25, -0.2) is 14.2 Å². The Balaban J connectivity index is 2.24. The number of carbonyl (C=O) groups is 2. The van der Waals surface area contributed by atoms with Crippen molar-refractivity contribution in [1.82, 2.24) is 4.98 Å². The Hall–Kier alpha value is -2.18. The number of hydrogen-bond acceptors (Lipinski definition) is 3. The van der Waals surface area contributed by atoms with Crippen LogP contribution in [0, 0.1) is 5.82 Å². The van der Waals surface area contributed by atoms with E-state index in [4.69, 9.17) is 28.3 Å². The van der Waals surface area contributed by atoms with Crippen molar-refractivity contribution in [2.24, 2.45) is 0 Å². The second-order valence-corrected chi connectivity index (χ2v) is 4.75. The van der Waals surface area contributed by atoms with Crippen LogP contribution < -0.4 is 5.32 Å². The number of aromatic carboxylic acids is 1. The number of carboxylic acids is 1. The maximum atomic E-state index is 13.0. The molecular weight excluding hydrogens is 322 g/mol. The summed E-state index contributed by atoms with van der Waals surface area (Å²) in [6, 6.07) is 4.49. The molecule has 0 spiro atoms. The van der Waals surface area contributed by atoms with Crippen molar-refractivity contribution in [3.63, 3.8) is 0 Å². The van der Waals surface area contributed by atoms with Crippen LogP contribution in [0.3, 0.4) is 0 Å². The van der Waals surface area contributed by atoms with E-state index in [9.17, 15) is 14.0 Å². The quantitative estimate of drug-likeness (QED) is 0.904. The molecule has 108 valence electrons. The molecule has 0 aliphatic heterocycles. The lowest BCUT2D eigenvalue weighted by molar-refractivity contribution is 0.0690. The van der Waals surface area contributed by atoms with Gasteiger partial charge in [-0.3, -0.25) is 4.79 Å². The highest BCUT2D eigenvalue weighted by Crippen LogP contribution is 2.31. The van der Waals surface area contributed by atoms with E-state index in [0.717, 1.165) is 18.3 Å². The lowest BCUT2D eigenvalue weighted by atomic mass is 10.2. The number of rotatable bonds is 3. The predicted molar refractivity (Wildman–Crippen MR) is 75.6 cm³/mol. The number of pyridine rings is 1. The molecule has 0 unspecified atom stereocenters. The maximum absolute atomic E-state index is 13.0. The number of benzene rings is 1. The van der Waals surface area contributed by atoms with Crippen LogP contribution in [-0.2, 0) is 0 Å². The normalized spacial score (nSPS) is 10.2. The largest absolute Gasteiger partial charge is 0.477 e. The van der Waals surface area contributed by atoms with Crippen molar-refractivity contribution in [3.05, 3.63) is 57.6 Å². The fraction of sp³-hybridized carbons (Fsp3) is 0. The molecule has 8 heteroatoms. The van der Waals surface area contributed by atoms with Gasteiger partial charge in [0, 0.05) is 6.20 Å². The zero-order valence-corrected chi connectivity index (χ0v) is 11.7. The minimum absolute atomic E-state index is 0.0523. The van der Waals surface area contributed by atoms with E-state index in [2.05, 4.69) is 10.3 Å². The number of anilines is 1. The van der Waals surface area contributed by atoms with Gasteiger partial charge in [0.1, 0.15) is 11.5 Å². The van der Waals surface area contributed by atoms with Crippen LogP contribution in [0.5, 0.6) is 0 Å². The molecule has 5 nitrogen and oxygen atoms in total. The molecule has 0 saturated heterocycles. The van der Waals surface area contributed by atoms with Gasteiger partial charge in [-0.1, -0.05) is 23.2 Å². The average Bonchev–Trinajstić information content (AvgIpc) is 2.42. The summed E-state index contributed by atoms with van der Waals surface area (Å²) in [6.45, 7) is 0. The lowest BCUT2D eigenvalue weighted by Crippen LogP contribution is -2.13. The fourth-order valence-electron chi connectivity index (χ4n) is 1.50. The van der Waals surface area contributed by atoms with E-state index in [1.54, 1.807) is 0 Å². The molecule has 2 N–H and O–H groups in total. The second kappa shape index (κ2) is 6.07. The molecule has 0 aliphatic rings. The van der Waals surface area contributed by atoms with Gasteiger partial charge in [-0.15, -0.1) is 0 Å². The third-order valence-corrected chi connectivity index (χ3v) is 3.09. The minimum Gasteiger partial charge on any atom is -0.477 e. The first-order valence-electron chi connectivity index (χ1n) is 5.53. The van der Waals surface area contributed by atoms with Crippen LogP contribution in [0.2, 0.25) is 10.0 Å². The first-order chi connectivity index (χ1) is 9.88. The number of aromatic nitrogens is 1. The van der Waals surface area contributed by atoms with Gasteiger partial charge in [-0.05, 0) is 24.3 Å². The number of hydrogen-bond donors (Lipinski definition) is 2. The average molecular weight is 329 g/mol. The summed E-state index contributed by atoms with van der Waals surface area (Å²) in [5, 5.41) is 11.0. The Morgan fingerprint density at radius 3 is 2.29 bits per heavy atom.